The summed E-state index contributed by atoms with van der Waals surface area (Å²) in [5.41, 5.74) is 0. The molecule has 1 aromatic carbocycles. The second-order valence-corrected chi connectivity index (χ2v) is 8.18. The summed E-state index contributed by atoms with van der Waals surface area (Å²) in [6, 6.07) is 4.62. The summed E-state index contributed by atoms with van der Waals surface area (Å²) in [6.07, 6.45) is 1.12. The number of carboxylic acids is 1. The van der Waals surface area contributed by atoms with E-state index in [1.165, 1.54) is 16.4 Å². The highest BCUT2D eigenvalue weighted by atomic mass is 35.5. The number of carboxylic acid groups (broad SMARTS) is 1. The minimum atomic E-state index is -3.76. The predicted octanol–water partition coefficient (Wildman–Crippen LogP) is 2.16. The Hall–Kier alpha value is -0.860. The maximum Gasteiger partial charge on any atom is 0.317 e. The first kappa shape index (κ1) is 18.5. The van der Waals surface area contributed by atoms with Gasteiger partial charge in [0.15, 0.2) is 0 Å². The number of halogens is 2. The van der Waals surface area contributed by atoms with Gasteiger partial charge in [0.1, 0.15) is 4.90 Å². The van der Waals surface area contributed by atoms with Crippen LogP contribution in [0.5, 0.6) is 0 Å². The number of benzene rings is 1. The van der Waals surface area contributed by atoms with E-state index in [-0.39, 0.29) is 27.5 Å². The van der Waals surface area contributed by atoms with Crippen LogP contribution in [0.1, 0.15) is 12.8 Å². The van der Waals surface area contributed by atoms with E-state index < -0.39 is 16.0 Å². The van der Waals surface area contributed by atoms with Gasteiger partial charge < -0.3 is 5.11 Å². The maximum absolute atomic E-state index is 12.7. The molecule has 0 spiro atoms. The Morgan fingerprint density at radius 3 is 2.30 bits per heavy atom. The van der Waals surface area contributed by atoms with Crippen LogP contribution in [-0.4, -0.2) is 61.4 Å². The molecule has 0 saturated carbocycles. The Labute approximate surface area is 145 Å². The van der Waals surface area contributed by atoms with Crippen molar-refractivity contribution in [2.75, 3.05) is 26.7 Å². The first-order chi connectivity index (χ1) is 10.7. The van der Waals surface area contributed by atoms with E-state index in [1.54, 1.807) is 18.0 Å². The van der Waals surface area contributed by atoms with Gasteiger partial charge in [-0.25, -0.2) is 8.42 Å². The van der Waals surface area contributed by atoms with Crippen LogP contribution in [0, 0.1) is 0 Å². The van der Waals surface area contributed by atoms with Gasteiger partial charge in [-0.3, -0.25) is 9.69 Å². The van der Waals surface area contributed by atoms with Crippen LogP contribution in [0.2, 0.25) is 10.0 Å². The molecule has 6 nitrogen and oxygen atoms in total. The first-order valence-electron chi connectivity index (χ1n) is 7.09. The molecule has 0 aromatic heterocycles. The van der Waals surface area contributed by atoms with Crippen LogP contribution in [0.15, 0.2) is 23.1 Å². The zero-order valence-corrected chi connectivity index (χ0v) is 14.9. The highest BCUT2D eigenvalue weighted by Crippen LogP contribution is 2.32. The minimum absolute atomic E-state index is 0.0410. The van der Waals surface area contributed by atoms with Gasteiger partial charge in [-0.05, 0) is 32.0 Å². The number of nitrogens with zero attached hydrogens (tertiary/aromatic N) is 2. The van der Waals surface area contributed by atoms with Gasteiger partial charge in [0.05, 0.1) is 16.6 Å². The predicted molar refractivity (Wildman–Crippen MR) is 88.5 cm³/mol. The lowest BCUT2D eigenvalue weighted by atomic mass is 10.1. The van der Waals surface area contributed by atoms with Crippen molar-refractivity contribution in [2.24, 2.45) is 0 Å². The van der Waals surface area contributed by atoms with Gasteiger partial charge in [-0.15, -0.1) is 0 Å². The summed E-state index contributed by atoms with van der Waals surface area (Å²) in [5.74, 6) is -0.898. The van der Waals surface area contributed by atoms with Crippen molar-refractivity contribution in [3.8, 4) is 0 Å². The molecule has 128 valence electrons. The summed E-state index contributed by atoms with van der Waals surface area (Å²) < 4.78 is 26.8. The third-order valence-corrected chi connectivity index (χ3v) is 6.80. The summed E-state index contributed by atoms with van der Waals surface area (Å²) in [4.78, 5) is 12.4. The molecule has 0 radical (unpaired) electrons. The van der Waals surface area contributed by atoms with Crippen molar-refractivity contribution in [2.45, 2.75) is 23.8 Å². The molecule has 1 saturated heterocycles. The monoisotopic (exact) mass is 380 g/mol. The fraction of sp³-hybridized carbons (Fsp3) is 0.500. The molecule has 0 bridgehead atoms. The summed E-state index contributed by atoms with van der Waals surface area (Å²) in [7, 11) is -2.03. The molecule has 1 heterocycles. The molecule has 1 aliphatic rings. The molecule has 0 atom stereocenters. The molecule has 0 unspecified atom stereocenters. The van der Waals surface area contributed by atoms with Crippen LogP contribution < -0.4 is 0 Å². The van der Waals surface area contributed by atoms with E-state index >= 15 is 0 Å². The average molecular weight is 381 g/mol. The highest BCUT2D eigenvalue weighted by Gasteiger charge is 2.33. The summed E-state index contributed by atoms with van der Waals surface area (Å²) >= 11 is 12.0. The largest absolute Gasteiger partial charge is 0.480 e. The fourth-order valence-corrected chi connectivity index (χ4v) is 5.28. The number of carbonyl (C=O) groups is 1. The number of aliphatic carboxylic acids is 1. The molecule has 9 heteroatoms. The number of piperidine rings is 1. The highest BCUT2D eigenvalue weighted by molar-refractivity contribution is 7.89. The zero-order valence-electron chi connectivity index (χ0n) is 12.6. The lowest BCUT2D eigenvalue weighted by Gasteiger charge is -2.35. The Bertz CT molecular complexity index is 668. The first-order valence-corrected chi connectivity index (χ1v) is 9.29. The molecular formula is C14H18Cl2N2O4S. The van der Waals surface area contributed by atoms with Crippen molar-refractivity contribution in [1.82, 2.24) is 9.21 Å². The lowest BCUT2D eigenvalue weighted by molar-refractivity contribution is -0.138. The van der Waals surface area contributed by atoms with Gasteiger partial charge >= 0.3 is 5.97 Å². The zero-order chi connectivity index (χ0) is 17.2. The maximum atomic E-state index is 12.7. The van der Waals surface area contributed by atoms with E-state index in [4.69, 9.17) is 28.3 Å². The van der Waals surface area contributed by atoms with Gasteiger partial charge in [-0.1, -0.05) is 29.3 Å². The second kappa shape index (κ2) is 7.36. The average Bonchev–Trinajstić information content (AvgIpc) is 2.46. The van der Waals surface area contributed by atoms with Gasteiger partial charge in [-0.2, -0.15) is 4.31 Å². The van der Waals surface area contributed by atoms with Crippen molar-refractivity contribution < 1.29 is 18.3 Å². The van der Waals surface area contributed by atoms with Crippen LogP contribution in [-0.2, 0) is 14.8 Å². The van der Waals surface area contributed by atoms with E-state index in [0.29, 0.717) is 25.9 Å². The normalized spacial score (nSPS) is 17.6. The lowest BCUT2D eigenvalue weighted by Crippen LogP contribution is -2.46. The summed E-state index contributed by atoms with van der Waals surface area (Å²) in [5, 5.41) is 9.03. The molecule has 1 aliphatic heterocycles. The van der Waals surface area contributed by atoms with Gasteiger partial charge in [0.2, 0.25) is 10.0 Å². The number of hydrogen-bond donors (Lipinski definition) is 1. The fourth-order valence-electron chi connectivity index (χ4n) is 2.72. The van der Waals surface area contributed by atoms with E-state index in [9.17, 15) is 13.2 Å². The van der Waals surface area contributed by atoms with E-state index in [0.717, 1.165) is 0 Å². The van der Waals surface area contributed by atoms with E-state index in [1.807, 2.05) is 0 Å². The Balaban J connectivity index is 2.12. The third-order valence-electron chi connectivity index (χ3n) is 3.95. The number of hydrogen-bond acceptors (Lipinski definition) is 4. The number of sulfonamides is 1. The Kier molecular flexibility index (Phi) is 5.91. The molecule has 0 aliphatic carbocycles. The molecule has 1 fully saturated rings. The SMILES string of the molecule is CN(CC(=O)O)C1CCN(S(=O)(=O)c2c(Cl)cccc2Cl)CC1. The smallest absolute Gasteiger partial charge is 0.317 e. The van der Waals surface area contributed by atoms with Crippen molar-refractivity contribution in [3.05, 3.63) is 28.2 Å². The van der Waals surface area contributed by atoms with Crippen molar-refractivity contribution >= 4 is 39.2 Å². The quantitative estimate of drug-likeness (QED) is 0.846. The Morgan fingerprint density at radius 2 is 1.83 bits per heavy atom. The molecule has 1 N–H and O–H groups in total. The van der Waals surface area contributed by atoms with E-state index in [2.05, 4.69) is 0 Å². The Morgan fingerprint density at radius 1 is 1.30 bits per heavy atom. The molecule has 1 aromatic rings. The van der Waals surface area contributed by atoms with Gasteiger partial charge in [0, 0.05) is 19.1 Å². The van der Waals surface area contributed by atoms with Crippen LogP contribution in [0.3, 0.4) is 0 Å². The molecule has 0 amide bonds. The topological polar surface area (TPSA) is 77.9 Å². The number of likely N-dealkylation sites (N-methyl/N-ethyl adjacent to an activating group) is 1. The number of rotatable bonds is 5. The standard InChI is InChI=1S/C14H18Cl2N2O4S/c1-17(9-13(19)20)10-5-7-18(8-6-10)23(21,22)14-11(15)3-2-4-12(14)16/h2-4,10H,5-9H2,1H3,(H,19,20). The molecular weight excluding hydrogens is 363 g/mol. The molecule has 2 rings (SSSR count). The van der Waals surface area contributed by atoms with Crippen molar-refractivity contribution in [1.29, 1.82) is 0 Å². The van der Waals surface area contributed by atoms with Crippen LogP contribution in [0.4, 0.5) is 0 Å². The molecule has 23 heavy (non-hydrogen) atoms. The van der Waals surface area contributed by atoms with Crippen molar-refractivity contribution in [3.63, 3.8) is 0 Å². The van der Waals surface area contributed by atoms with Crippen LogP contribution >= 0.6 is 23.2 Å². The van der Waals surface area contributed by atoms with Gasteiger partial charge in [0.25, 0.3) is 0 Å². The van der Waals surface area contributed by atoms with Crippen LogP contribution in [0.25, 0.3) is 0 Å². The summed E-state index contributed by atoms with van der Waals surface area (Å²) in [6.45, 7) is 0.546. The second-order valence-electron chi connectivity index (χ2n) is 5.49. The third kappa shape index (κ3) is 4.16. The minimum Gasteiger partial charge on any atom is -0.480 e.